The highest BCUT2D eigenvalue weighted by atomic mass is 16.9. The van der Waals surface area contributed by atoms with Gasteiger partial charge in [-0.1, -0.05) is 66.2 Å². The van der Waals surface area contributed by atoms with Crippen molar-refractivity contribution in [3.05, 3.63) is 0 Å². The summed E-state index contributed by atoms with van der Waals surface area (Å²) in [5.74, 6) is -0.711. The van der Waals surface area contributed by atoms with E-state index in [1.54, 1.807) is 0 Å². The van der Waals surface area contributed by atoms with Crippen LogP contribution in [0.3, 0.4) is 0 Å². The van der Waals surface area contributed by atoms with Gasteiger partial charge in [0.15, 0.2) is 0 Å². The van der Waals surface area contributed by atoms with Gasteiger partial charge < -0.3 is 23.7 Å². The molecule has 0 aromatic heterocycles. The third-order valence-corrected chi connectivity index (χ3v) is 5.82. The molecule has 186 valence electrons. The van der Waals surface area contributed by atoms with Crippen LogP contribution in [0.4, 0.5) is 0 Å². The van der Waals surface area contributed by atoms with Crippen molar-refractivity contribution in [2.24, 2.45) is 5.92 Å². The zero-order chi connectivity index (χ0) is 22.8. The van der Waals surface area contributed by atoms with Gasteiger partial charge in [-0.25, -0.2) is 0 Å². The summed E-state index contributed by atoms with van der Waals surface area (Å²) in [5.41, 5.74) is 0. The van der Waals surface area contributed by atoms with E-state index in [1.165, 1.54) is 38.5 Å². The molecule has 0 radical (unpaired) electrons. The number of rotatable bonds is 23. The Morgan fingerprint density at radius 2 is 1.29 bits per heavy atom. The van der Waals surface area contributed by atoms with Crippen LogP contribution in [0.1, 0.15) is 112 Å². The molecule has 0 N–H and O–H groups in total. The van der Waals surface area contributed by atoms with Gasteiger partial charge in [-0.15, -0.1) is 0 Å². The number of ether oxygens (including phenoxy) is 5. The first-order chi connectivity index (χ1) is 15.1. The Bertz CT molecular complexity index is 377. The molecule has 0 amide bonds. The van der Waals surface area contributed by atoms with Crippen LogP contribution in [-0.4, -0.2) is 51.2 Å². The molecule has 1 heterocycles. The predicted octanol–water partition coefficient (Wildman–Crippen LogP) is 6.87. The standard InChI is InChI=1S/C26H52O5/c1-6-10-11-12-13-14-15-24(17-16-23(5)27-21-25-22-28-25)26(29-18-7-2,30-19-8-3)31-20-9-4/h23-25H,6-22H2,1-5H3. The zero-order valence-corrected chi connectivity index (χ0v) is 21.3. The van der Waals surface area contributed by atoms with Crippen LogP contribution >= 0.6 is 0 Å². The fraction of sp³-hybridized carbons (Fsp3) is 1.00. The molecular formula is C26H52O5. The van der Waals surface area contributed by atoms with Gasteiger partial charge in [0, 0.05) is 5.92 Å². The van der Waals surface area contributed by atoms with Crippen LogP contribution in [0, 0.1) is 5.92 Å². The van der Waals surface area contributed by atoms with Crippen LogP contribution in [0.5, 0.6) is 0 Å². The number of unbranched alkanes of at least 4 members (excludes halogenated alkanes) is 5. The van der Waals surface area contributed by atoms with E-state index in [1.807, 2.05) is 0 Å². The molecular weight excluding hydrogens is 392 g/mol. The molecule has 1 aliphatic heterocycles. The highest BCUT2D eigenvalue weighted by Crippen LogP contribution is 2.35. The lowest BCUT2D eigenvalue weighted by Crippen LogP contribution is -2.47. The maximum absolute atomic E-state index is 6.38. The molecule has 3 atom stereocenters. The Labute approximate surface area is 192 Å². The van der Waals surface area contributed by atoms with E-state index < -0.39 is 5.97 Å². The van der Waals surface area contributed by atoms with Gasteiger partial charge in [0.2, 0.25) is 0 Å². The van der Waals surface area contributed by atoms with Crippen LogP contribution in [0.25, 0.3) is 0 Å². The monoisotopic (exact) mass is 444 g/mol. The van der Waals surface area contributed by atoms with Gasteiger partial charge in [-0.05, 0) is 45.4 Å². The third kappa shape index (κ3) is 13.2. The fourth-order valence-electron chi connectivity index (χ4n) is 3.84. The lowest BCUT2D eigenvalue weighted by molar-refractivity contribution is -0.407. The summed E-state index contributed by atoms with van der Waals surface area (Å²) in [5, 5.41) is 0. The average Bonchev–Trinajstić information content (AvgIpc) is 3.61. The highest BCUT2D eigenvalue weighted by Gasteiger charge is 2.42. The third-order valence-electron chi connectivity index (χ3n) is 5.82. The molecule has 0 spiro atoms. The van der Waals surface area contributed by atoms with Gasteiger partial charge in [0.1, 0.15) is 6.10 Å². The molecule has 1 aliphatic rings. The van der Waals surface area contributed by atoms with Crippen molar-refractivity contribution in [3.8, 4) is 0 Å². The molecule has 0 bridgehead atoms. The van der Waals surface area contributed by atoms with Crippen LogP contribution < -0.4 is 0 Å². The van der Waals surface area contributed by atoms with Crippen molar-refractivity contribution in [1.29, 1.82) is 0 Å². The van der Waals surface area contributed by atoms with Gasteiger partial charge in [-0.3, -0.25) is 0 Å². The quantitative estimate of drug-likeness (QED) is 0.0977. The van der Waals surface area contributed by atoms with E-state index in [9.17, 15) is 0 Å². The zero-order valence-electron chi connectivity index (χ0n) is 21.3. The first kappa shape index (κ1) is 28.8. The predicted molar refractivity (Wildman–Crippen MR) is 127 cm³/mol. The maximum Gasteiger partial charge on any atom is 0.285 e. The molecule has 0 aromatic rings. The van der Waals surface area contributed by atoms with E-state index in [4.69, 9.17) is 23.7 Å². The summed E-state index contributed by atoms with van der Waals surface area (Å²) < 4.78 is 30.4. The second-order valence-electron chi connectivity index (χ2n) is 9.08. The molecule has 0 aliphatic carbocycles. The Balaban J connectivity index is 2.77. The van der Waals surface area contributed by atoms with E-state index in [-0.39, 0.29) is 12.0 Å². The maximum atomic E-state index is 6.38. The summed E-state index contributed by atoms with van der Waals surface area (Å²) in [4.78, 5) is 0. The average molecular weight is 445 g/mol. The normalized spacial score (nSPS) is 18.3. The van der Waals surface area contributed by atoms with Crippen molar-refractivity contribution in [2.45, 2.75) is 130 Å². The molecule has 1 fully saturated rings. The van der Waals surface area contributed by atoms with E-state index in [0.29, 0.717) is 32.5 Å². The topological polar surface area (TPSA) is 49.5 Å². The smallest absolute Gasteiger partial charge is 0.285 e. The largest absolute Gasteiger partial charge is 0.376 e. The Hall–Kier alpha value is -0.200. The van der Waals surface area contributed by atoms with Gasteiger partial charge >= 0.3 is 0 Å². The summed E-state index contributed by atoms with van der Waals surface area (Å²) >= 11 is 0. The second kappa shape index (κ2) is 18.3. The molecule has 1 rings (SSSR count). The van der Waals surface area contributed by atoms with Crippen molar-refractivity contribution >= 4 is 0 Å². The Morgan fingerprint density at radius 1 is 0.742 bits per heavy atom. The van der Waals surface area contributed by atoms with Crippen molar-refractivity contribution in [3.63, 3.8) is 0 Å². The number of epoxide rings is 1. The highest BCUT2D eigenvalue weighted by molar-refractivity contribution is 4.75. The molecule has 5 nitrogen and oxygen atoms in total. The van der Waals surface area contributed by atoms with Gasteiger partial charge in [0.05, 0.1) is 39.1 Å². The van der Waals surface area contributed by atoms with E-state index >= 15 is 0 Å². The summed E-state index contributed by atoms with van der Waals surface area (Å²) in [6.07, 6.45) is 14.2. The minimum Gasteiger partial charge on any atom is -0.376 e. The number of hydrogen-bond donors (Lipinski definition) is 0. The SMILES string of the molecule is CCCCCCCCC(CCC(C)OCC1CO1)C(OCCC)(OCCC)OCCC. The second-order valence-corrected chi connectivity index (χ2v) is 9.08. The molecule has 5 heteroatoms. The van der Waals surface area contributed by atoms with Crippen molar-refractivity contribution in [2.75, 3.05) is 33.0 Å². The lowest BCUT2D eigenvalue weighted by Gasteiger charge is -2.40. The van der Waals surface area contributed by atoms with Crippen molar-refractivity contribution in [1.82, 2.24) is 0 Å². The lowest BCUT2D eigenvalue weighted by atomic mass is 9.91. The summed E-state index contributed by atoms with van der Waals surface area (Å²) in [7, 11) is 0. The minimum atomic E-state index is -0.926. The van der Waals surface area contributed by atoms with E-state index in [2.05, 4.69) is 34.6 Å². The van der Waals surface area contributed by atoms with Crippen LogP contribution in [-0.2, 0) is 23.7 Å². The number of hydrogen-bond acceptors (Lipinski definition) is 5. The minimum absolute atomic E-state index is 0.206. The Kier molecular flexibility index (Phi) is 17.0. The summed E-state index contributed by atoms with van der Waals surface area (Å²) in [6.45, 7) is 14.4. The molecule has 31 heavy (non-hydrogen) atoms. The first-order valence-electron chi connectivity index (χ1n) is 13.3. The fourth-order valence-corrected chi connectivity index (χ4v) is 3.84. The van der Waals surface area contributed by atoms with Crippen molar-refractivity contribution < 1.29 is 23.7 Å². The molecule has 1 saturated heterocycles. The molecule has 0 saturated carbocycles. The van der Waals surface area contributed by atoms with Gasteiger partial charge in [0.25, 0.3) is 5.97 Å². The van der Waals surface area contributed by atoms with Crippen LogP contribution in [0.15, 0.2) is 0 Å². The summed E-state index contributed by atoms with van der Waals surface area (Å²) in [6, 6.07) is 0. The van der Waals surface area contributed by atoms with Crippen LogP contribution in [0.2, 0.25) is 0 Å². The molecule has 3 unspecified atom stereocenters. The Morgan fingerprint density at radius 3 is 1.81 bits per heavy atom. The van der Waals surface area contributed by atoms with Gasteiger partial charge in [-0.2, -0.15) is 0 Å². The van der Waals surface area contributed by atoms with E-state index in [0.717, 1.165) is 45.1 Å². The first-order valence-corrected chi connectivity index (χ1v) is 13.3. The molecule has 0 aromatic carbocycles.